The molecular formula is C25H19ClFN7O2. The summed E-state index contributed by atoms with van der Waals surface area (Å²) in [5, 5.41) is 17.6. The molecule has 2 amide bonds. The third kappa shape index (κ3) is 4.98. The van der Waals surface area contributed by atoms with Crippen LogP contribution in [0.4, 0.5) is 4.39 Å². The third-order valence-electron chi connectivity index (χ3n) is 5.55. The Bertz CT molecular complexity index is 1530. The molecule has 0 aliphatic carbocycles. The standard InChI is InChI=1S/C25H19ClFN7O2/c26-18-11-16(3-6-19(18)27)14-28-24(35)21-12-22(34-23(32-21)8-10-31-34)25(36)29-13-15-1-4-17(5-2-15)20-7-9-30-33-20/h1-6,8-12H,7,13-14H2,(H,28,35)(H,29,36). The number of benzene rings is 2. The highest BCUT2D eigenvalue weighted by molar-refractivity contribution is 6.30. The fourth-order valence-electron chi connectivity index (χ4n) is 3.66. The van der Waals surface area contributed by atoms with E-state index in [9.17, 15) is 14.0 Å². The number of fused-ring (bicyclic) bond motifs is 1. The number of nitrogens with zero attached hydrogens (tertiary/aromatic N) is 5. The van der Waals surface area contributed by atoms with Crippen LogP contribution in [0.2, 0.25) is 5.02 Å². The predicted octanol–water partition coefficient (Wildman–Crippen LogP) is 3.56. The molecule has 0 unspecified atom stereocenters. The van der Waals surface area contributed by atoms with Crippen molar-refractivity contribution in [2.75, 3.05) is 0 Å². The maximum atomic E-state index is 13.4. The van der Waals surface area contributed by atoms with E-state index < -0.39 is 17.6 Å². The number of aromatic nitrogens is 3. The van der Waals surface area contributed by atoms with Gasteiger partial charge in [0.05, 0.1) is 16.9 Å². The molecule has 11 heteroatoms. The highest BCUT2D eigenvalue weighted by Gasteiger charge is 2.18. The van der Waals surface area contributed by atoms with Gasteiger partial charge in [-0.05, 0) is 28.8 Å². The third-order valence-corrected chi connectivity index (χ3v) is 5.84. The minimum atomic E-state index is -0.538. The number of hydrogen-bond acceptors (Lipinski definition) is 6. The molecule has 0 radical (unpaired) electrons. The molecule has 1 aliphatic heterocycles. The van der Waals surface area contributed by atoms with Gasteiger partial charge in [0.1, 0.15) is 17.2 Å². The SMILES string of the molecule is O=C(NCc1ccc(F)c(Cl)c1)c1cc(C(=O)NCc2ccc(C3=NN=CC3)cc2)n2nccc2n1. The molecule has 5 rings (SSSR count). The van der Waals surface area contributed by atoms with Crippen molar-refractivity contribution in [3.8, 4) is 0 Å². The number of nitrogens with one attached hydrogen (secondary N) is 2. The molecule has 2 N–H and O–H groups in total. The fraction of sp³-hybridized carbons (Fsp3) is 0.120. The van der Waals surface area contributed by atoms with Crippen molar-refractivity contribution < 1.29 is 14.0 Å². The second-order valence-corrected chi connectivity index (χ2v) is 8.39. The summed E-state index contributed by atoms with van der Waals surface area (Å²) in [5.41, 5.74) is 3.95. The number of halogens is 2. The summed E-state index contributed by atoms with van der Waals surface area (Å²) in [7, 11) is 0. The van der Waals surface area contributed by atoms with Crippen LogP contribution in [0.1, 0.15) is 44.1 Å². The number of carbonyl (C=O) groups excluding carboxylic acids is 2. The molecule has 3 heterocycles. The Balaban J connectivity index is 1.28. The van der Waals surface area contributed by atoms with Gasteiger partial charge in [-0.3, -0.25) is 9.59 Å². The quantitative estimate of drug-likeness (QED) is 0.401. The van der Waals surface area contributed by atoms with E-state index in [1.807, 2.05) is 24.3 Å². The van der Waals surface area contributed by atoms with Gasteiger partial charge in [0.2, 0.25) is 0 Å². The first-order valence-corrected chi connectivity index (χ1v) is 11.4. The van der Waals surface area contributed by atoms with Crippen molar-refractivity contribution in [2.45, 2.75) is 19.5 Å². The van der Waals surface area contributed by atoms with Crippen LogP contribution in [0.25, 0.3) is 5.65 Å². The first kappa shape index (κ1) is 23.3. The molecule has 2 aromatic heterocycles. The van der Waals surface area contributed by atoms with E-state index in [0.717, 1.165) is 16.8 Å². The Labute approximate surface area is 209 Å². The summed E-state index contributed by atoms with van der Waals surface area (Å²) < 4.78 is 14.7. The summed E-state index contributed by atoms with van der Waals surface area (Å²) in [6.07, 6.45) is 3.95. The minimum absolute atomic E-state index is 0.0320. The van der Waals surface area contributed by atoms with Gasteiger partial charge in [-0.1, -0.05) is 41.9 Å². The zero-order chi connectivity index (χ0) is 25.1. The topological polar surface area (TPSA) is 113 Å². The van der Waals surface area contributed by atoms with Crippen LogP contribution >= 0.6 is 11.6 Å². The van der Waals surface area contributed by atoms with Crippen molar-refractivity contribution >= 4 is 41.0 Å². The summed E-state index contributed by atoms with van der Waals surface area (Å²) in [6.45, 7) is 0.390. The van der Waals surface area contributed by atoms with Crippen molar-refractivity contribution in [3.05, 3.63) is 99.7 Å². The normalized spacial score (nSPS) is 12.6. The number of hydrogen-bond donors (Lipinski definition) is 2. The lowest BCUT2D eigenvalue weighted by Gasteiger charge is -2.10. The van der Waals surface area contributed by atoms with Crippen LogP contribution in [-0.2, 0) is 13.1 Å². The van der Waals surface area contributed by atoms with E-state index in [-0.39, 0.29) is 29.5 Å². The molecule has 0 saturated heterocycles. The van der Waals surface area contributed by atoms with Crippen LogP contribution in [0.15, 0.2) is 71.0 Å². The Morgan fingerprint density at radius 3 is 2.47 bits per heavy atom. The molecule has 0 saturated carbocycles. The smallest absolute Gasteiger partial charge is 0.270 e. The van der Waals surface area contributed by atoms with Crippen molar-refractivity contribution in [2.24, 2.45) is 10.2 Å². The van der Waals surface area contributed by atoms with Gasteiger partial charge in [0.25, 0.3) is 11.8 Å². The van der Waals surface area contributed by atoms with Crippen molar-refractivity contribution in [1.82, 2.24) is 25.2 Å². The van der Waals surface area contributed by atoms with Gasteiger partial charge in [-0.15, -0.1) is 0 Å². The molecule has 4 aromatic rings. The molecule has 1 aliphatic rings. The highest BCUT2D eigenvalue weighted by atomic mass is 35.5. The van der Waals surface area contributed by atoms with Crippen molar-refractivity contribution in [3.63, 3.8) is 0 Å². The first-order chi connectivity index (χ1) is 17.5. The van der Waals surface area contributed by atoms with E-state index >= 15 is 0 Å². The molecule has 0 spiro atoms. The second-order valence-electron chi connectivity index (χ2n) is 7.99. The number of carbonyl (C=O) groups is 2. The van der Waals surface area contributed by atoms with E-state index in [4.69, 9.17) is 11.6 Å². The maximum absolute atomic E-state index is 13.4. The lowest BCUT2D eigenvalue weighted by molar-refractivity contribution is 0.0942. The molecule has 0 fully saturated rings. The largest absolute Gasteiger partial charge is 0.347 e. The molecule has 2 aromatic carbocycles. The van der Waals surface area contributed by atoms with Gasteiger partial charge in [-0.2, -0.15) is 15.3 Å². The molecule has 36 heavy (non-hydrogen) atoms. The zero-order valence-corrected chi connectivity index (χ0v) is 19.5. The number of rotatable bonds is 7. The predicted molar refractivity (Wildman–Crippen MR) is 133 cm³/mol. The Kier molecular flexibility index (Phi) is 6.50. The maximum Gasteiger partial charge on any atom is 0.270 e. The van der Waals surface area contributed by atoms with E-state index in [1.54, 1.807) is 12.3 Å². The first-order valence-electron chi connectivity index (χ1n) is 11.0. The number of amides is 2. The molecule has 0 bridgehead atoms. The summed E-state index contributed by atoms with van der Waals surface area (Å²) >= 11 is 5.80. The summed E-state index contributed by atoms with van der Waals surface area (Å²) in [5.74, 6) is -1.45. The molecule has 9 nitrogen and oxygen atoms in total. The monoisotopic (exact) mass is 503 g/mol. The van der Waals surface area contributed by atoms with Gasteiger partial charge < -0.3 is 10.6 Å². The highest BCUT2D eigenvalue weighted by Crippen LogP contribution is 2.16. The van der Waals surface area contributed by atoms with Crippen molar-refractivity contribution in [1.29, 1.82) is 0 Å². The van der Waals surface area contributed by atoms with Crippen LogP contribution in [-0.4, -0.2) is 38.3 Å². The van der Waals surface area contributed by atoms with Gasteiger partial charge in [0.15, 0.2) is 5.65 Å². The van der Waals surface area contributed by atoms with Gasteiger partial charge >= 0.3 is 0 Å². The minimum Gasteiger partial charge on any atom is -0.347 e. The molecular weight excluding hydrogens is 485 g/mol. The second kappa shape index (κ2) is 10.0. The van der Waals surface area contributed by atoms with Crippen LogP contribution in [0, 0.1) is 5.82 Å². The fourth-order valence-corrected chi connectivity index (χ4v) is 3.86. The van der Waals surface area contributed by atoms with Gasteiger partial charge in [-0.25, -0.2) is 13.9 Å². The zero-order valence-electron chi connectivity index (χ0n) is 18.8. The Hall–Kier alpha value is -4.44. The van der Waals surface area contributed by atoms with E-state index in [0.29, 0.717) is 17.6 Å². The van der Waals surface area contributed by atoms with E-state index in [1.165, 1.54) is 35.0 Å². The molecule has 0 atom stereocenters. The Morgan fingerprint density at radius 2 is 1.72 bits per heavy atom. The van der Waals surface area contributed by atoms with Gasteiger partial charge in [0, 0.05) is 37.9 Å². The molecule has 180 valence electrons. The summed E-state index contributed by atoms with van der Waals surface area (Å²) in [4.78, 5) is 30.1. The van der Waals surface area contributed by atoms with Crippen LogP contribution in [0.3, 0.4) is 0 Å². The average Bonchev–Trinajstić information content (AvgIpc) is 3.60. The average molecular weight is 504 g/mol. The Morgan fingerprint density at radius 1 is 0.972 bits per heavy atom. The van der Waals surface area contributed by atoms with Crippen LogP contribution < -0.4 is 10.6 Å². The summed E-state index contributed by atoms with van der Waals surface area (Å²) in [6, 6.07) is 14.9. The van der Waals surface area contributed by atoms with Crippen LogP contribution in [0.5, 0.6) is 0 Å². The lowest BCUT2D eigenvalue weighted by Crippen LogP contribution is -2.28. The lowest BCUT2D eigenvalue weighted by atomic mass is 10.1. The van der Waals surface area contributed by atoms with E-state index in [2.05, 4.69) is 30.9 Å².